The largest absolute Gasteiger partial charge is 0.342 e. The Balaban J connectivity index is 1.98. The van der Waals surface area contributed by atoms with E-state index in [-0.39, 0.29) is 6.04 Å². The van der Waals surface area contributed by atoms with Crippen molar-refractivity contribution in [2.45, 2.75) is 71.8 Å². The third-order valence-corrected chi connectivity index (χ3v) is 5.92. The van der Waals surface area contributed by atoms with Crippen LogP contribution in [0.5, 0.6) is 0 Å². The maximum atomic E-state index is 12.6. The average molecular weight is 294 g/mol. The second-order valence-electron chi connectivity index (χ2n) is 6.92. The summed E-state index contributed by atoms with van der Waals surface area (Å²) in [6.07, 6.45) is 9.29. The van der Waals surface area contributed by atoms with Crippen molar-refractivity contribution in [3.05, 3.63) is 0 Å². The summed E-state index contributed by atoms with van der Waals surface area (Å²) in [6, 6.07) is 0.0723. The summed E-state index contributed by atoms with van der Waals surface area (Å²) in [6.45, 7) is 9.20. The zero-order valence-corrected chi connectivity index (χ0v) is 14.2. The fourth-order valence-corrected chi connectivity index (χ4v) is 4.64. The smallest absolute Gasteiger partial charge is 0.239 e. The number of nitrogens with zero attached hydrogens (tertiary/aromatic N) is 1. The van der Waals surface area contributed by atoms with Gasteiger partial charge in [-0.15, -0.1) is 0 Å². The zero-order chi connectivity index (χ0) is 15.2. The van der Waals surface area contributed by atoms with Crippen molar-refractivity contribution in [1.82, 2.24) is 10.2 Å². The molecule has 0 aromatic rings. The number of nitrogens with one attached hydrogen (secondary N) is 1. The number of piperidine rings is 1. The second-order valence-corrected chi connectivity index (χ2v) is 6.92. The topological polar surface area (TPSA) is 32.3 Å². The molecule has 1 aliphatic carbocycles. The van der Waals surface area contributed by atoms with Crippen molar-refractivity contribution >= 4 is 5.91 Å². The Hall–Kier alpha value is -0.570. The first-order valence-corrected chi connectivity index (χ1v) is 9.23. The molecule has 1 N–H and O–H groups in total. The molecule has 1 saturated carbocycles. The zero-order valence-electron chi connectivity index (χ0n) is 14.2. The lowest BCUT2D eigenvalue weighted by atomic mass is 9.68. The minimum Gasteiger partial charge on any atom is -0.342 e. The summed E-state index contributed by atoms with van der Waals surface area (Å²) in [4.78, 5) is 14.6. The number of rotatable bonds is 5. The average Bonchev–Trinajstić information content (AvgIpc) is 2.56. The summed E-state index contributed by atoms with van der Waals surface area (Å²) in [5, 5.41) is 3.48. The molecule has 3 nitrogen and oxygen atoms in total. The maximum absolute atomic E-state index is 12.6. The molecule has 1 aliphatic heterocycles. The van der Waals surface area contributed by atoms with Crippen molar-refractivity contribution in [3.8, 4) is 0 Å². The molecule has 4 unspecified atom stereocenters. The molecule has 0 spiro atoms. The van der Waals surface area contributed by atoms with Crippen molar-refractivity contribution in [2.75, 3.05) is 19.6 Å². The Morgan fingerprint density at radius 1 is 1.10 bits per heavy atom. The van der Waals surface area contributed by atoms with E-state index in [0.717, 1.165) is 43.8 Å². The first-order chi connectivity index (χ1) is 10.2. The lowest BCUT2D eigenvalue weighted by Gasteiger charge is -2.41. The normalized spacial score (nSPS) is 33.7. The Morgan fingerprint density at radius 3 is 2.48 bits per heavy atom. The molecule has 3 heteroatoms. The molecule has 0 aromatic carbocycles. The number of hydrogen-bond donors (Lipinski definition) is 1. The van der Waals surface area contributed by atoms with Gasteiger partial charge in [0.25, 0.3) is 0 Å². The van der Waals surface area contributed by atoms with Crippen LogP contribution in [0, 0.1) is 17.8 Å². The predicted molar refractivity (Wildman–Crippen MR) is 88.2 cm³/mol. The number of likely N-dealkylation sites (N-methyl/N-ethyl adjacent to an activating group) is 1. The van der Waals surface area contributed by atoms with Gasteiger partial charge in [-0.1, -0.05) is 32.6 Å². The highest BCUT2D eigenvalue weighted by atomic mass is 16.2. The Labute approximate surface area is 130 Å². The molecule has 122 valence electrons. The molecule has 2 aliphatic rings. The minimum atomic E-state index is 0.0723. The van der Waals surface area contributed by atoms with E-state index in [1.54, 1.807) is 0 Å². The fourth-order valence-electron chi connectivity index (χ4n) is 4.64. The van der Waals surface area contributed by atoms with Crippen molar-refractivity contribution in [1.29, 1.82) is 0 Å². The van der Waals surface area contributed by atoms with Gasteiger partial charge in [-0.2, -0.15) is 0 Å². The van der Waals surface area contributed by atoms with Crippen LogP contribution in [0.2, 0.25) is 0 Å². The van der Waals surface area contributed by atoms with Gasteiger partial charge in [0.15, 0.2) is 0 Å². The number of hydrogen-bond acceptors (Lipinski definition) is 2. The molecule has 2 fully saturated rings. The molecular weight excluding hydrogens is 260 g/mol. The van der Waals surface area contributed by atoms with Gasteiger partial charge in [-0.3, -0.25) is 4.79 Å². The van der Waals surface area contributed by atoms with Crippen LogP contribution in [-0.2, 0) is 4.79 Å². The Bertz CT molecular complexity index is 327. The molecule has 21 heavy (non-hydrogen) atoms. The highest BCUT2D eigenvalue weighted by molar-refractivity contribution is 5.82. The van der Waals surface area contributed by atoms with E-state index >= 15 is 0 Å². The van der Waals surface area contributed by atoms with Crippen LogP contribution < -0.4 is 5.32 Å². The molecule has 4 atom stereocenters. The van der Waals surface area contributed by atoms with Gasteiger partial charge >= 0.3 is 0 Å². The highest BCUT2D eigenvalue weighted by Crippen LogP contribution is 2.41. The first kappa shape index (κ1) is 16.8. The molecule has 1 amide bonds. The summed E-state index contributed by atoms with van der Waals surface area (Å²) in [7, 11) is 0. The van der Waals surface area contributed by atoms with Crippen LogP contribution in [0.1, 0.15) is 65.7 Å². The molecule has 0 radical (unpaired) electrons. The van der Waals surface area contributed by atoms with Crippen LogP contribution in [0.3, 0.4) is 0 Å². The quantitative estimate of drug-likeness (QED) is 0.842. The molecule has 1 heterocycles. The van der Waals surface area contributed by atoms with E-state index in [2.05, 4.69) is 26.1 Å². The summed E-state index contributed by atoms with van der Waals surface area (Å²) in [5.74, 6) is 2.87. The van der Waals surface area contributed by atoms with E-state index in [1.165, 1.54) is 38.5 Å². The SMILES string of the molecule is CCC1CCCCC1C1CCNC(C(=O)N(CC)CC)C1. The lowest BCUT2D eigenvalue weighted by Crippen LogP contribution is -2.51. The van der Waals surface area contributed by atoms with Gasteiger partial charge in [0.1, 0.15) is 0 Å². The van der Waals surface area contributed by atoms with E-state index in [9.17, 15) is 4.79 Å². The van der Waals surface area contributed by atoms with Crippen LogP contribution in [0.4, 0.5) is 0 Å². The number of amides is 1. The molecule has 0 bridgehead atoms. The minimum absolute atomic E-state index is 0.0723. The standard InChI is InChI=1S/C18H34N2O/c1-4-14-9-7-8-10-16(14)15-11-12-19-17(13-15)18(21)20(5-2)6-3/h14-17,19H,4-13H2,1-3H3. The van der Waals surface area contributed by atoms with E-state index in [4.69, 9.17) is 0 Å². The van der Waals surface area contributed by atoms with Crippen LogP contribution >= 0.6 is 0 Å². The van der Waals surface area contributed by atoms with E-state index < -0.39 is 0 Å². The third-order valence-electron chi connectivity index (χ3n) is 5.92. The van der Waals surface area contributed by atoms with Crippen LogP contribution in [0.15, 0.2) is 0 Å². The van der Waals surface area contributed by atoms with Gasteiger partial charge < -0.3 is 10.2 Å². The summed E-state index contributed by atoms with van der Waals surface area (Å²) >= 11 is 0. The monoisotopic (exact) mass is 294 g/mol. The maximum Gasteiger partial charge on any atom is 0.239 e. The van der Waals surface area contributed by atoms with Gasteiger partial charge in [0.05, 0.1) is 6.04 Å². The van der Waals surface area contributed by atoms with E-state index in [1.807, 2.05) is 4.90 Å². The van der Waals surface area contributed by atoms with Crippen LogP contribution in [-0.4, -0.2) is 36.5 Å². The summed E-state index contributed by atoms with van der Waals surface area (Å²) < 4.78 is 0. The van der Waals surface area contributed by atoms with Gasteiger partial charge in [0.2, 0.25) is 5.91 Å². The third kappa shape index (κ3) is 4.00. The number of carbonyl (C=O) groups is 1. The van der Waals surface area contributed by atoms with Crippen molar-refractivity contribution in [3.63, 3.8) is 0 Å². The molecule has 2 rings (SSSR count). The predicted octanol–water partition coefficient (Wildman–Crippen LogP) is 3.44. The van der Waals surface area contributed by atoms with Crippen molar-refractivity contribution < 1.29 is 4.79 Å². The Kier molecular flexibility index (Phi) is 6.53. The van der Waals surface area contributed by atoms with Gasteiger partial charge in [-0.25, -0.2) is 0 Å². The molecule has 1 saturated heterocycles. The summed E-state index contributed by atoms with van der Waals surface area (Å²) in [5.41, 5.74) is 0. The molecule has 0 aromatic heterocycles. The Morgan fingerprint density at radius 2 is 1.81 bits per heavy atom. The second kappa shape index (κ2) is 8.17. The van der Waals surface area contributed by atoms with Gasteiger partial charge in [0, 0.05) is 13.1 Å². The van der Waals surface area contributed by atoms with E-state index in [0.29, 0.717) is 5.91 Å². The lowest BCUT2D eigenvalue weighted by molar-refractivity contribution is -0.134. The number of carbonyl (C=O) groups excluding carboxylic acids is 1. The molecular formula is C18H34N2O. The fraction of sp³-hybridized carbons (Fsp3) is 0.944. The van der Waals surface area contributed by atoms with Crippen molar-refractivity contribution in [2.24, 2.45) is 17.8 Å². The first-order valence-electron chi connectivity index (χ1n) is 9.23. The highest BCUT2D eigenvalue weighted by Gasteiger charge is 2.36. The van der Waals surface area contributed by atoms with Crippen LogP contribution in [0.25, 0.3) is 0 Å². The van der Waals surface area contributed by atoms with Gasteiger partial charge in [-0.05, 0) is 57.4 Å².